The Bertz CT molecular complexity index is 390. The molecule has 0 bridgehead atoms. The van der Waals surface area contributed by atoms with Crippen molar-refractivity contribution in [2.75, 3.05) is 0 Å². The summed E-state index contributed by atoms with van der Waals surface area (Å²) >= 11 is 4.09. The van der Waals surface area contributed by atoms with Gasteiger partial charge >= 0.3 is 5.97 Å². The highest BCUT2D eigenvalue weighted by Gasteiger charge is 2.12. The molecule has 0 saturated heterocycles. The number of carboxylic acid groups (broad SMARTS) is 1. The molecule has 1 N–H and O–H groups in total. The molecule has 0 aliphatic heterocycles. The van der Waals surface area contributed by atoms with E-state index in [4.69, 9.17) is 5.11 Å². The highest BCUT2D eigenvalue weighted by molar-refractivity contribution is 9.10. The number of carbonyl (C=O) groups is 2. The van der Waals surface area contributed by atoms with E-state index in [1.165, 1.54) is 13.0 Å². The van der Waals surface area contributed by atoms with Crippen molar-refractivity contribution < 1.29 is 14.7 Å². The molecule has 0 radical (unpaired) electrons. The summed E-state index contributed by atoms with van der Waals surface area (Å²) in [5, 5.41) is 8.73. The topological polar surface area (TPSA) is 54.4 Å². The molecule has 14 heavy (non-hydrogen) atoms. The fourth-order valence-corrected chi connectivity index (χ4v) is 1.98. The first kappa shape index (κ1) is 11.3. The van der Waals surface area contributed by atoms with Gasteiger partial charge in [-0.3, -0.25) is 4.79 Å². The molecule has 0 fully saturated rings. The van der Waals surface area contributed by atoms with Crippen molar-refractivity contribution >= 4 is 38.8 Å². The molecule has 5 heteroatoms. The zero-order chi connectivity index (χ0) is 10.7. The fourth-order valence-electron chi connectivity index (χ4n) is 0.913. The van der Waals surface area contributed by atoms with E-state index in [1.807, 2.05) is 0 Å². The quantitative estimate of drug-likeness (QED) is 0.843. The minimum Gasteiger partial charge on any atom is -0.478 e. The third-order valence-electron chi connectivity index (χ3n) is 1.43. The van der Waals surface area contributed by atoms with Crippen LogP contribution in [0.5, 0.6) is 0 Å². The second-order valence-corrected chi connectivity index (χ2v) is 4.67. The summed E-state index contributed by atoms with van der Waals surface area (Å²) in [7, 11) is 0. The Balaban J connectivity index is 3.14. The van der Waals surface area contributed by atoms with Crippen LogP contribution in [0.25, 0.3) is 0 Å². The predicted octanol–water partition coefficient (Wildman–Crippen LogP) is 2.79. The van der Waals surface area contributed by atoms with E-state index in [1.54, 1.807) is 12.1 Å². The molecule has 0 spiro atoms. The Hall–Kier alpha value is -0.810. The van der Waals surface area contributed by atoms with Gasteiger partial charge in [-0.05, 0) is 18.2 Å². The number of carbonyl (C=O) groups excluding carboxylic acids is 1. The maximum Gasteiger partial charge on any atom is 0.336 e. The lowest BCUT2D eigenvalue weighted by Crippen LogP contribution is -1.99. The average Bonchev–Trinajstić information content (AvgIpc) is 2.07. The van der Waals surface area contributed by atoms with Crippen molar-refractivity contribution in [1.29, 1.82) is 0 Å². The zero-order valence-electron chi connectivity index (χ0n) is 7.28. The molecule has 0 aliphatic carbocycles. The maximum atomic E-state index is 10.8. The minimum absolute atomic E-state index is 0.130. The van der Waals surface area contributed by atoms with Crippen LogP contribution in [0.2, 0.25) is 0 Å². The van der Waals surface area contributed by atoms with Crippen molar-refractivity contribution in [2.45, 2.75) is 11.8 Å². The van der Waals surface area contributed by atoms with Crippen LogP contribution in [-0.4, -0.2) is 16.2 Å². The van der Waals surface area contributed by atoms with Crippen LogP contribution in [0.3, 0.4) is 0 Å². The molecule has 0 saturated carbocycles. The van der Waals surface area contributed by atoms with Gasteiger partial charge in [0.2, 0.25) is 0 Å². The number of hydrogen-bond acceptors (Lipinski definition) is 3. The summed E-state index contributed by atoms with van der Waals surface area (Å²) < 4.78 is 0.683. The third-order valence-corrected chi connectivity index (χ3v) is 2.78. The Morgan fingerprint density at radius 3 is 2.57 bits per heavy atom. The number of hydrogen-bond donors (Lipinski definition) is 1. The van der Waals surface area contributed by atoms with Gasteiger partial charge in [-0.15, -0.1) is 0 Å². The molecule has 1 rings (SSSR count). The van der Waals surface area contributed by atoms with Gasteiger partial charge in [0.25, 0.3) is 0 Å². The molecular formula is C9H7BrO3S. The van der Waals surface area contributed by atoms with Crippen molar-refractivity contribution in [3.8, 4) is 0 Å². The lowest BCUT2D eigenvalue weighted by atomic mass is 10.2. The molecule has 0 unspecified atom stereocenters. The second kappa shape index (κ2) is 4.61. The van der Waals surface area contributed by atoms with Crippen LogP contribution in [-0.2, 0) is 4.79 Å². The van der Waals surface area contributed by atoms with Crippen molar-refractivity contribution in [3.63, 3.8) is 0 Å². The summed E-state index contributed by atoms with van der Waals surface area (Å²) in [6, 6.07) is 4.80. The van der Waals surface area contributed by atoms with E-state index in [0.29, 0.717) is 9.37 Å². The van der Waals surface area contributed by atoms with Crippen LogP contribution in [0.15, 0.2) is 27.6 Å². The largest absolute Gasteiger partial charge is 0.478 e. The molecule has 1 aromatic rings. The van der Waals surface area contributed by atoms with Crippen LogP contribution in [0, 0.1) is 0 Å². The van der Waals surface area contributed by atoms with Crippen LogP contribution < -0.4 is 0 Å². The molecule has 0 aliphatic rings. The Morgan fingerprint density at radius 2 is 2.07 bits per heavy atom. The average molecular weight is 275 g/mol. The summed E-state index contributed by atoms with van der Waals surface area (Å²) in [6.45, 7) is 1.40. The van der Waals surface area contributed by atoms with Gasteiger partial charge in [0.05, 0.1) is 5.56 Å². The van der Waals surface area contributed by atoms with Crippen molar-refractivity contribution in [2.24, 2.45) is 0 Å². The standard InChI is InChI=1S/C9H7BrO3S/c1-5(11)14-8-3-2-6(10)4-7(8)9(12)13/h2-4H,1H3,(H,12,13). The van der Waals surface area contributed by atoms with Crippen LogP contribution >= 0.6 is 27.7 Å². The van der Waals surface area contributed by atoms with E-state index in [9.17, 15) is 9.59 Å². The van der Waals surface area contributed by atoms with Gasteiger partial charge < -0.3 is 5.11 Å². The molecule has 0 amide bonds. The molecule has 74 valence electrons. The number of halogens is 1. The van der Waals surface area contributed by atoms with Gasteiger partial charge in [0.15, 0.2) is 5.12 Å². The van der Waals surface area contributed by atoms with Crippen LogP contribution in [0.1, 0.15) is 17.3 Å². The monoisotopic (exact) mass is 274 g/mol. The first-order valence-electron chi connectivity index (χ1n) is 3.72. The summed E-state index contributed by atoms with van der Waals surface area (Å²) in [6.07, 6.45) is 0. The van der Waals surface area contributed by atoms with Gasteiger partial charge in [-0.2, -0.15) is 0 Å². The molecule has 0 atom stereocenters. The lowest BCUT2D eigenvalue weighted by molar-refractivity contribution is -0.109. The van der Waals surface area contributed by atoms with Crippen molar-refractivity contribution in [3.05, 3.63) is 28.2 Å². The number of aromatic carboxylic acids is 1. The van der Waals surface area contributed by atoms with Gasteiger partial charge in [0.1, 0.15) is 0 Å². The maximum absolute atomic E-state index is 10.8. The Labute approximate surface area is 93.6 Å². The molecule has 0 aromatic heterocycles. The lowest BCUT2D eigenvalue weighted by Gasteiger charge is -2.03. The van der Waals surface area contributed by atoms with Gasteiger partial charge in [-0.1, -0.05) is 27.7 Å². The number of carboxylic acids is 1. The minimum atomic E-state index is -1.03. The predicted molar refractivity (Wildman–Crippen MR) is 57.6 cm³/mol. The number of thioether (sulfide) groups is 1. The molecule has 1 aromatic carbocycles. The Morgan fingerprint density at radius 1 is 1.43 bits per heavy atom. The Kier molecular flexibility index (Phi) is 3.71. The molecular weight excluding hydrogens is 268 g/mol. The highest BCUT2D eigenvalue weighted by Crippen LogP contribution is 2.26. The van der Waals surface area contributed by atoms with E-state index < -0.39 is 5.97 Å². The van der Waals surface area contributed by atoms with E-state index >= 15 is 0 Å². The summed E-state index contributed by atoms with van der Waals surface area (Å²) in [5.41, 5.74) is 0.138. The first-order chi connectivity index (χ1) is 6.50. The molecule has 0 heterocycles. The molecule has 3 nitrogen and oxygen atoms in total. The second-order valence-electron chi connectivity index (χ2n) is 2.54. The first-order valence-corrected chi connectivity index (χ1v) is 5.33. The normalized spacial score (nSPS) is 9.86. The van der Waals surface area contributed by atoms with Gasteiger partial charge in [-0.25, -0.2) is 4.79 Å². The SMILES string of the molecule is CC(=O)Sc1ccc(Br)cc1C(=O)O. The smallest absolute Gasteiger partial charge is 0.336 e. The fraction of sp³-hybridized carbons (Fsp3) is 0.111. The number of benzene rings is 1. The van der Waals surface area contributed by atoms with E-state index in [2.05, 4.69) is 15.9 Å². The third kappa shape index (κ3) is 2.85. The van der Waals surface area contributed by atoms with Crippen molar-refractivity contribution in [1.82, 2.24) is 0 Å². The van der Waals surface area contributed by atoms with E-state index in [0.717, 1.165) is 11.8 Å². The summed E-state index contributed by atoms with van der Waals surface area (Å²) in [5.74, 6) is -1.03. The van der Waals surface area contributed by atoms with E-state index in [-0.39, 0.29) is 10.7 Å². The number of rotatable bonds is 2. The summed E-state index contributed by atoms with van der Waals surface area (Å²) in [4.78, 5) is 22.1. The zero-order valence-corrected chi connectivity index (χ0v) is 9.68. The highest BCUT2D eigenvalue weighted by atomic mass is 79.9. The van der Waals surface area contributed by atoms with Crippen LogP contribution in [0.4, 0.5) is 0 Å². The van der Waals surface area contributed by atoms with Gasteiger partial charge in [0, 0.05) is 16.3 Å².